The van der Waals surface area contributed by atoms with Gasteiger partial charge in [-0.2, -0.15) is 18.4 Å². The fourth-order valence-electron chi connectivity index (χ4n) is 2.81. The Hall–Kier alpha value is -2.98. The van der Waals surface area contributed by atoms with Crippen LogP contribution < -0.4 is 9.47 Å². The minimum atomic E-state index is -5.15. The Balaban J connectivity index is 2.31. The maximum atomic E-state index is 12.9. The Bertz CT molecular complexity index is 1100. The molecule has 0 aromatic heterocycles. The number of esters is 1. The van der Waals surface area contributed by atoms with E-state index < -0.39 is 24.1 Å². The Morgan fingerprint density at radius 1 is 1.21 bits per heavy atom. The van der Waals surface area contributed by atoms with Gasteiger partial charge in [0.05, 0.1) is 16.1 Å². The number of methoxy groups -OCH3 is 1. The zero-order valence-electron chi connectivity index (χ0n) is 17.7. The predicted molar refractivity (Wildman–Crippen MR) is 119 cm³/mol. The number of amides is 1. The molecule has 0 spiro atoms. The molecule has 2 aromatic rings. The summed E-state index contributed by atoms with van der Waals surface area (Å²) in [4.78, 5) is 24.0. The van der Waals surface area contributed by atoms with Crippen molar-refractivity contribution in [2.75, 3.05) is 20.8 Å². The van der Waals surface area contributed by atoms with Gasteiger partial charge >= 0.3 is 18.1 Å². The van der Waals surface area contributed by atoms with Gasteiger partial charge in [-0.1, -0.05) is 0 Å². The summed E-state index contributed by atoms with van der Waals surface area (Å²) in [5.41, 5.74) is 0.395. The number of hydrogen-bond donors (Lipinski definition) is 1. The fraction of sp³-hybridized carbons (Fsp3) is 0.286. The van der Waals surface area contributed by atoms with E-state index in [-0.39, 0.29) is 40.9 Å². The molecule has 1 amide bonds. The third-order valence-corrected chi connectivity index (χ3v) is 5.61. The van der Waals surface area contributed by atoms with Crippen LogP contribution in [0.15, 0.2) is 39.3 Å². The first-order valence-corrected chi connectivity index (χ1v) is 10.9. The van der Waals surface area contributed by atoms with Crippen LogP contribution in [0.5, 0.6) is 23.0 Å². The Labute approximate surface area is 209 Å². The normalized spacial score (nSPS) is 11.8. The van der Waals surface area contributed by atoms with E-state index in [1.165, 1.54) is 30.3 Å². The van der Waals surface area contributed by atoms with Crippen molar-refractivity contribution in [1.82, 2.24) is 4.90 Å². The quantitative estimate of drug-likeness (QED) is 0.432. The second-order valence-electron chi connectivity index (χ2n) is 6.72. The second-order valence-corrected chi connectivity index (χ2v) is 8.43. The average Bonchev–Trinajstić information content (AvgIpc) is 2.77. The molecule has 8 nitrogen and oxygen atoms in total. The number of phenols is 1. The Kier molecular flexibility index (Phi) is 9.17. The van der Waals surface area contributed by atoms with Crippen LogP contribution in [0.1, 0.15) is 5.56 Å². The van der Waals surface area contributed by atoms with Crippen LogP contribution >= 0.6 is 31.9 Å². The van der Waals surface area contributed by atoms with Gasteiger partial charge in [-0.05, 0) is 61.7 Å². The molecule has 0 unspecified atom stereocenters. The number of likely N-dealkylation sites (N-methyl/N-ethyl adjacent to an activating group) is 1. The molecule has 34 heavy (non-hydrogen) atoms. The number of phenolic OH excluding ortho intramolecular Hbond substituents is 1. The van der Waals surface area contributed by atoms with E-state index in [0.717, 1.165) is 14.2 Å². The lowest BCUT2D eigenvalue weighted by Crippen LogP contribution is -2.49. The van der Waals surface area contributed by atoms with E-state index in [0.29, 0.717) is 14.5 Å². The smallest absolute Gasteiger partial charge is 0.471 e. The summed E-state index contributed by atoms with van der Waals surface area (Å²) >= 11 is 6.63. The lowest BCUT2D eigenvalue weighted by atomic mass is 10.0. The van der Waals surface area contributed by atoms with Gasteiger partial charge in [0, 0.05) is 19.5 Å². The molecule has 182 valence electrons. The summed E-state index contributed by atoms with van der Waals surface area (Å²) < 4.78 is 54.8. The Morgan fingerprint density at radius 2 is 1.82 bits per heavy atom. The zero-order valence-corrected chi connectivity index (χ0v) is 20.8. The first-order chi connectivity index (χ1) is 15.9. The molecule has 0 aliphatic heterocycles. The van der Waals surface area contributed by atoms with Gasteiger partial charge in [0.25, 0.3) is 0 Å². The van der Waals surface area contributed by atoms with E-state index in [9.17, 15) is 27.9 Å². The number of ether oxygens (including phenoxy) is 3. The molecular weight excluding hydrogens is 593 g/mol. The van der Waals surface area contributed by atoms with Crippen LogP contribution in [-0.2, 0) is 20.7 Å². The molecule has 0 aliphatic carbocycles. The Morgan fingerprint density at radius 3 is 2.35 bits per heavy atom. The van der Waals surface area contributed by atoms with Gasteiger partial charge in [-0.25, -0.2) is 4.79 Å². The van der Waals surface area contributed by atoms with Gasteiger partial charge in [0.2, 0.25) is 0 Å². The van der Waals surface area contributed by atoms with E-state index in [1.807, 2.05) is 0 Å². The number of carbonyl (C=O) groups excluding carboxylic acids is 2. The molecule has 0 fully saturated rings. The molecule has 0 bridgehead atoms. The number of aromatic hydroxyl groups is 1. The second kappa shape index (κ2) is 11.4. The highest BCUT2D eigenvalue weighted by Crippen LogP contribution is 2.40. The van der Waals surface area contributed by atoms with Gasteiger partial charge < -0.3 is 24.2 Å². The highest BCUT2D eigenvalue weighted by atomic mass is 79.9. The maximum absolute atomic E-state index is 12.9. The van der Waals surface area contributed by atoms with E-state index in [2.05, 4.69) is 36.6 Å². The number of alkyl halides is 3. The SMILES string of the molecule is COC(=O)[C@H](Cc1cc(Br)c(Oc2ccc(O)c(OCC#N)c2)c(Br)c1)N(C)C(=O)C(F)(F)F. The lowest BCUT2D eigenvalue weighted by molar-refractivity contribution is -0.188. The molecule has 0 saturated carbocycles. The van der Waals surface area contributed by atoms with Gasteiger partial charge in [-0.3, -0.25) is 4.79 Å². The van der Waals surface area contributed by atoms with Crippen LogP contribution in [0.2, 0.25) is 0 Å². The molecule has 0 aliphatic rings. The largest absolute Gasteiger partial charge is 0.504 e. The highest BCUT2D eigenvalue weighted by Gasteiger charge is 2.45. The maximum Gasteiger partial charge on any atom is 0.471 e. The van der Waals surface area contributed by atoms with Crippen molar-refractivity contribution < 1.29 is 42.1 Å². The van der Waals surface area contributed by atoms with Crippen LogP contribution in [-0.4, -0.2) is 54.9 Å². The third kappa shape index (κ3) is 6.77. The number of carbonyl (C=O) groups is 2. The van der Waals surface area contributed by atoms with Gasteiger partial charge in [-0.15, -0.1) is 0 Å². The van der Waals surface area contributed by atoms with Crippen molar-refractivity contribution in [3.63, 3.8) is 0 Å². The molecule has 13 heteroatoms. The van der Waals surface area contributed by atoms with Crippen molar-refractivity contribution in [3.8, 4) is 29.1 Å². The van der Waals surface area contributed by atoms with Crippen molar-refractivity contribution in [2.24, 2.45) is 0 Å². The first-order valence-electron chi connectivity index (χ1n) is 9.29. The number of rotatable bonds is 8. The number of nitrogens with zero attached hydrogens (tertiary/aromatic N) is 2. The standard InChI is InChI=1S/C21H17Br2F3N2O6/c1-28(20(31)21(24,25)26)15(19(30)32-2)9-11-7-13(22)18(14(23)8-11)34-12-3-4-16(29)17(10-12)33-6-5-27/h3-4,7-8,10,15,29H,6,9H2,1-2H3/t15-/m0/s1. The number of benzene rings is 2. The molecule has 1 atom stereocenters. The third-order valence-electron chi connectivity index (χ3n) is 4.43. The molecule has 0 heterocycles. The average molecular weight is 610 g/mol. The highest BCUT2D eigenvalue weighted by molar-refractivity contribution is 9.11. The minimum Gasteiger partial charge on any atom is -0.504 e. The number of hydrogen-bond acceptors (Lipinski definition) is 7. The zero-order chi connectivity index (χ0) is 25.6. The van der Waals surface area contributed by atoms with E-state index in [1.54, 1.807) is 6.07 Å². The first kappa shape index (κ1) is 27.3. The molecule has 1 N–H and O–H groups in total. The molecule has 2 aromatic carbocycles. The summed E-state index contributed by atoms with van der Waals surface area (Å²) in [5, 5.41) is 18.4. The van der Waals surface area contributed by atoms with Crippen molar-refractivity contribution in [1.29, 1.82) is 5.26 Å². The van der Waals surface area contributed by atoms with Crippen LogP contribution in [0.3, 0.4) is 0 Å². The topological polar surface area (TPSA) is 109 Å². The minimum absolute atomic E-state index is 0.0289. The van der Waals surface area contributed by atoms with E-state index in [4.69, 9.17) is 14.7 Å². The van der Waals surface area contributed by atoms with Crippen molar-refractivity contribution >= 4 is 43.7 Å². The van der Waals surface area contributed by atoms with Crippen LogP contribution in [0.4, 0.5) is 13.2 Å². The summed E-state index contributed by atoms with van der Waals surface area (Å²) in [6.45, 7) is -0.286. The summed E-state index contributed by atoms with van der Waals surface area (Å²) in [5.74, 6) is -2.83. The molecule has 2 rings (SSSR count). The summed E-state index contributed by atoms with van der Waals surface area (Å²) in [7, 11) is 1.88. The molecular formula is C21H17Br2F3N2O6. The van der Waals surface area contributed by atoms with Crippen molar-refractivity contribution in [3.05, 3.63) is 44.8 Å². The molecule has 0 saturated heterocycles. The number of halogens is 5. The monoisotopic (exact) mass is 608 g/mol. The molecule has 0 radical (unpaired) electrons. The van der Waals surface area contributed by atoms with Crippen LogP contribution in [0.25, 0.3) is 0 Å². The van der Waals surface area contributed by atoms with Gasteiger partial charge in [0.15, 0.2) is 23.9 Å². The fourth-order valence-corrected chi connectivity index (χ4v) is 4.25. The van der Waals surface area contributed by atoms with Crippen molar-refractivity contribution in [2.45, 2.75) is 18.6 Å². The summed E-state index contributed by atoms with van der Waals surface area (Å²) in [6, 6.07) is 7.40. The summed E-state index contributed by atoms with van der Waals surface area (Å²) in [6.07, 6.45) is -5.42. The van der Waals surface area contributed by atoms with Gasteiger partial charge in [0.1, 0.15) is 17.9 Å². The number of nitriles is 1. The van der Waals surface area contributed by atoms with Crippen LogP contribution in [0, 0.1) is 11.3 Å². The van der Waals surface area contributed by atoms with E-state index >= 15 is 0 Å². The predicted octanol–water partition coefficient (Wildman–Crippen LogP) is 4.72. The lowest BCUT2D eigenvalue weighted by Gasteiger charge is -2.27.